The molecule has 27 heavy (non-hydrogen) atoms. The van der Waals surface area contributed by atoms with Crippen molar-refractivity contribution in [3.8, 4) is 11.4 Å². The van der Waals surface area contributed by atoms with Crippen LogP contribution in [0, 0.1) is 0 Å². The summed E-state index contributed by atoms with van der Waals surface area (Å²) in [6.07, 6.45) is 1.06. The highest BCUT2D eigenvalue weighted by molar-refractivity contribution is 5.90. The smallest absolute Gasteiger partial charge is 0.417 e. The summed E-state index contributed by atoms with van der Waals surface area (Å²) in [4.78, 5) is 13.1. The lowest BCUT2D eigenvalue weighted by molar-refractivity contribution is 0.135. The molecule has 136 valence electrons. The summed E-state index contributed by atoms with van der Waals surface area (Å²) in [6.45, 7) is -0.950. The Labute approximate surface area is 155 Å². The molecule has 1 aliphatic heterocycles. The van der Waals surface area contributed by atoms with E-state index in [1.54, 1.807) is 0 Å². The molecule has 2 aromatic carbocycles. The van der Waals surface area contributed by atoms with Crippen LogP contribution in [0.15, 0.2) is 72.9 Å². The number of aromatic nitrogens is 1. The summed E-state index contributed by atoms with van der Waals surface area (Å²) in [7, 11) is 1.33. The second-order valence-electron chi connectivity index (χ2n) is 6.04. The fourth-order valence-corrected chi connectivity index (χ4v) is 2.88. The predicted molar refractivity (Wildman–Crippen MR) is 99.9 cm³/mol. The van der Waals surface area contributed by atoms with Crippen LogP contribution in [0.3, 0.4) is 0 Å². The second kappa shape index (κ2) is 6.99. The van der Waals surface area contributed by atoms with Crippen molar-refractivity contribution in [1.82, 2.24) is 9.47 Å². The molecule has 0 aliphatic carbocycles. The van der Waals surface area contributed by atoms with Crippen LogP contribution >= 0.6 is 0 Å². The van der Waals surface area contributed by atoms with Gasteiger partial charge >= 0.3 is 6.09 Å². The van der Waals surface area contributed by atoms with Crippen LogP contribution in [0.5, 0.6) is 5.75 Å². The molecule has 1 aliphatic rings. The van der Waals surface area contributed by atoms with Gasteiger partial charge in [-0.2, -0.15) is 0 Å². The Hall–Kier alpha value is -3.54. The predicted octanol–water partition coefficient (Wildman–Crippen LogP) is 4.69. The number of fused-ring (bicyclic) bond motifs is 3. The van der Waals surface area contributed by atoms with E-state index in [1.165, 1.54) is 7.05 Å². The third kappa shape index (κ3) is 3.06. The zero-order valence-electron chi connectivity index (χ0n) is 14.6. The minimum absolute atomic E-state index is 0.229. The summed E-state index contributed by atoms with van der Waals surface area (Å²) in [6, 6.07) is 20.6. The quantitative estimate of drug-likeness (QED) is 0.633. The Morgan fingerprint density at radius 1 is 1.07 bits per heavy atom. The number of carbonyl (C=O) groups excluding carboxylic acids is 1. The lowest BCUT2D eigenvalue weighted by atomic mass is 10.1. The van der Waals surface area contributed by atoms with Crippen molar-refractivity contribution < 1.29 is 18.7 Å². The highest BCUT2D eigenvalue weighted by atomic mass is 19.1. The van der Waals surface area contributed by atoms with Gasteiger partial charge in [0.1, 0.15) is 0 Å². The molecule has 1 amide bonds. The number of nitrogens with zero attached hydrogens (tertiary/aromatic N) is 2. The standard InChI is InChI=1S/C21H17FN2O3/c1-23(14-22)21(25)27-20-17-11-7-13-24(17)16-10-5-6-12-18(16)26-19(20)15-8-3-2-4-9-15/h2-13H,14H2,1H3. The Kier molecular flexibility index (Phi) is 4.38. The minimum atomic E-state index is -0.950. The Bertz CT molecular complexity index is 1010. The first-order chi connectivity index (χ1) is 13.2. The van der Waals surface area contributed by atoms with E-state index in [1.807, 2.05) is 77.5 Å². The zero-order chi connectivity index (χ0) is 18.8. The molecule has 0 bridgehead atoms. The monoisotopic (exact) mass is 364 g/mol. The average molecular weight is 364 g/mol. The summed E-state index contributed by atoms with van der Waals surface area (Å²) in [5, 5.41) is 0. The van der Waals surface area contributed by atoms with Gasteiger partial charge in [-0.3, -0.25) is 4.90 Å². The molecule has 0 unspecified atom stereocenters. The second-order valence-corrected chi connectivity index (χ2v) is 6.04. The normalized spacial score (nSPS) is 12.5. The van der Waals surface area contributed by atoms with E-state index in [2.05, 4.69) is 0 Å². The van der Waals surface area contributed by atoms with Crippen LogP contribution in [0.25, 0.3) is 17.2 Å². The van der Waals surface area contributed by atoms with Crippen molar-refractivity contribution >= 4 is 17.6 Å². The van der Waals surface area contributed by atoms with E-state index >= 15 is 0 Å². The van der Waals surface area contributed by atoms with Gasteiger partial charge in [0.25, 0.3) is 0 Å². The van der Waals surface area contributed by atoms with Gasteiger partial charge in [-0.1, -0.05) is 42.5 Å². The molecule has 1 aromatic heterocycles. The highest BCUT2D eigenvalue weighted by Crippen LogP contribution is 2.38. The molecule has 0 fully saturated rings. The van der Waals surface area contributed by atoms with E-state index in [9.17, 15) is 9.18 Å². The fourth-order valence-electron chi connectivity index (χ4n) is 2.88. The van der Waals surface area contributed by atoms with Gasteiger partial charge in [-0.05, 0) is 24.3 Å². The molecule has 0 saturated heterocycles. The SMILES string of the molecule is CN(CF)C(=O)OC1=C(c2ccccc2)Oc2ccccc2-n2cccc21. The van der Waals surface area contributed by atoms with Crippen molar-refractivity contribution in [3.05, 3.63) is 84.2 Å². The van der Waals surface area contributed by atoms with E-state index in [0.29, 0.717) is 17.2 Å². The van der Waals surface area contributed by atoms with Crippen LogP contribution in [0.4, 0.5) is 9.18 Å². The number of para-hydroxylation sites is 2. The van der Waals surface area contributed by atoms with E-state index in [-0.39, 0.29) is 5.76 Å². The summed E-state index contributed by atoms with van der Waals surface area (Å²) >= 11 is 0. The maximum Gasteiger partial charge on any atom is 0.417 e. The van der Waals surface area contributed by atoms with Gasteiger partial charge in [0.2, 0.25) is 0 Å². The third-order valence-electron chi connectivity index (χ3n) is 4.24. The lowest BCUT2D eigenvalue weighted by Gasteiger charge is -2.17. The highest BCUT2D eigenvalue weighted by Gasteiger charge is 2.27. The molecular weight excluding hydrogens is 347 g/mol. The summed E-state index contributed by atoms with van der Waals surface area (Å²) in [5.41, 5.74) is 2.20. The summed E-state index contributed by atoms with van der Waals surface area (Å²) in [5.74, 6) is 1.24. The average Bonchev–Trinajstić information content (AvgIpc) is 3.15. The first kappa shape index (κ1) is 16.9. The molecule has 0 spiro atoms. The summed E-state index contributed by atoms with van der Waals surface area (Å²) < 4.78 is 26.6. The van der Waals surface area contributed by atoms with Crippen LogP contribution in [0.1, 0.15) is 11.3 Å². The van der Waals surface area contributed by atoms with Crippen molar-refractivity contribution in [2.45, 2.75) is 0 Å². The van der Waals surface area contributed by atoms with Crippen molar-refractivity contribution in [1.29, 1.82) is 0 Å². The van der Waals surface area contributed by atoms with E-state index in [4.69, 9.17) is 9.47 Å². The van der Waals surface area contributed by atoms with Crippen LogP contribution in [0.2, 0.25) is 0 Å². The number of alkyl halides is 1. The largest absolute Gasteiger partial charge is 0.451 e. The number of carbonyl (C=O) groups is 1. The van der Waals surface area contributed by atoms with Gasteiger partial charge < -0.3 is 14.0 Å². The number of benzene rings is 2. The van der Waals surface area contributed by atoms with Crippen LogP contribution < -0.4 is 4.74 Å². The molecule has 0 N–H and O–H groups in total. The van der Waals surface area contributed by atoms with Crippen molar-refractivity contribution in [3.63, 3.8) is 0 Å². The number of halogens is 1. The first-order valence-corrected chi connectivity index (χ1v) is 8.42. The molecule has 0 radical (unpaired) electrons. The van der Waals surface area contributed by atoms with Gasteiger partial charge in [0.15, 0.2) is 24.1 Å². The maximum atomic E-state index is 12.9. The molecule has 3 aromatic rings. The lowest BCUT2D eigenvalue weighted by Crippen LogP contribution is -2.26. The molecule has 4 rings (SSSR count). The van der Waals surface area contributed by atoms with Crippen molar-refractivity contribution in [2.24, 2.45) is 0 Å². The van der Waals surface area contributed by atoms with Crippen LogP contribution in [-0.4, -0.2) is 29.4 Å². The molecule has 0 saturated carbocycles. The number of ether oxygens (including phenoxy) is 2. The number of hydrogen-bond acceptors (Lipinski definition) is 3. The fraction of sp³-hybridized carbons (Fsp3) is 0.0952. The number of rotatable bonds is 3. The van der Waals surface area contributed by atoms with Crippen LogP contribution in [-0.2, 0) is 4.74 Å². The maximum absolute atomic E-state index is 12.9. The number of hydrogen-bond donors (Lipinski definition) is 0. The molecule has 5 nitrogen and oxygen atoms in total. The zero-order valence-corrected chi connectivity index (χ0v) is 14.6. The molecular formula is C21H17FN2O3. The Balaban J connectivity index is 1.93. The van der Waals surface area contributed by atoms with E-state index < -0.39 is 12.9 Å². The third-order valence-corrected chi connectivity index (χ3v) is 4.24. The topological polar surface area (TPSA) is 43.7 Å². The first-order valence-electron chi connectivity index (χ1n) is 8.42. The van der Waals surface area contributed by atoms with E-state index in [0.717, 1.165) is 16.2 Å². The molecule has 0 atom stereocenters. The molecule has 6 heteroatoms. The molecule has 2 heterocycles. The Morgan fingerprint density at radius 2 is 1.81 bits per heavy atom. The van der Waals surface area contributed by atoms with Gasteiger partial charge in [0, 0.05) is 18.8 Å². The van der Waals surface area contributed by atoms with Crippen molar-refractivity contribution in [2.75, 3.05) is 13.8 Å². The van der Waals surface area contributed by atoms with Gasteiger partial charge in [-0.15, -0.1) is 0 Å². The van der Waals surface area contributed by atoms with Gasteiger partial charge in [0.05, 0.1) is 11.4 Å². The minimum Gasteiger partial charge on any atom is -0.451 e. The van der Waals surface area contributed by atoms with Gasteiger partial charge in [-0.25, -0.2) is 9.18 Å². The Morgan fingerprint density at radius 3 is 2.59 bits per heavy atom. The number of amides is 1.